The zero-order chi connectivity index (χ0) is 23.7. The maximum atomic E-state index is 10.8. The number of anilines is 3. The lowest BCUT2D eigenvalue weighted by Crippen LogP contribution is -2.59. The van der Waals surface area contributed by atoms with Crippen molar-refractivity contribution < 1.29 is 14.6 Å². The lowest BCUT2D eigenvalue weighted by molar-refractivity contribution is 0.187. The molecule has 0 saturated carbocycles. The van der Waals surface area contributed by atoms with E-state index in [0.29, 0.717) is 30.2 Å². The van der Waals surface area contributed by atoms with Gasteiger partial charge < -0.3 is 25.4 Å². The molecule has 34 heavy (non-hydrogen) atoms. The monoisotopic (exact) mass is 457 g/mol. The largest absolute Gasteiger partial charge is 0.465 e. The molecule has 0 spiro atoms. The summed E-state index contributed by atoms with van der Waals surface area (Å²) in [7, 11) is 0. The lowest BCUT2D eigenvalue weighted by atomic mass is 10.1. The summed E-state index contributed by atoms with van der Waals surface area (Å²) in [6, 6.07) is 11.5. The number of rotatable bonds is 6. The van der Waals surface area contributed by atoms with Gasteiger partial charge in [0, 0.05) is 29.9 Å². The van der Waals surface area contributed by atoms with Crippen molar-refractivity contribution in [1.29, 1.82) is 0 Å². The molecule has 0 atom stereocenters. The number of fused-ring (bicyclic) bond motifs is 1. The number of nitrogens with zero attached hydrogens (tertiary/aromatic N) is 5. The normalized spacial score (nSPS) is 13.4. The van der Waals surface area contributed by atoms with Gasteiger partial charge >= 0.3 is 6.09 Å². The molecule has 4 heterocycles. The maximum Gasteiger partial charge on any atom is 0.405 e. The summed E-state index contributed by atoms with van der Waals surface area (Å²) in [6.07, 6.45) is 3.89. The van der Waals surface area contributed by atoms with Crippen molar-refractivity contribution in [2.24, 2.45) is 0 Å². The van der Waals surface area contributed by atoms with Crippen molar-refractivity contribution in [2.75, 3.05) is 23.3 Å². The molecule has 5 rings (SSSR count). The third-order valence-electron chi connectivity index (χ3n) is 5.59. The molecule has 0 unspecified atom stereocenters. The highest BCUT2D eigenvalue weighted by molar-refractivity contribution is 5.92. The molecule has 0 radical (unpaired) electrons. The minimum absolute atomic E-state index is 0.0981. The topological polar surface area (TPSA) is 125 Å². The number of carboxylic acid groups (broad SMARTS) is 1. The second-order valence-electron chi connectivity index (χ2n) is 8.18. The van der Waals surface area contributed by atoms with Crippen molar-refractivity contribution in [3.8, 4) is 11.5 Å². The average molecular weight is 457 g/mol. The zero-order valence-electron chi connectivity index (χ0n) is 18.7. The quantitative estimate of drug-likeness (QED) is 0.393. The summed E-state index contributed by atoms with van der Waals surface area (Å²) >= 11 is 0. The van der Waals surface area contributed by atoms with Gasteiger partial charge in [-0.05, 0) is 55.8 Å². The van der Waals surface area contributed by atoms with Gasteiger partial charge in [-0.1, -0.05) is 0 Å². The van der Waals surface area contributed by atoms with Gasteiger partial charge in [0.25, 0.3) is 0 Å². The number of ether oxygens (including phenoxy) is 1. The number of aromatic nitrogens is 4. The number of nitrogens with one attached hydrogen (secondary N) is 2. The highest BCUT2D eigenvalue weighted by atomic mass is 16.5. The fraction of sp³-hybridized carbons (Fsp3) is 0.208. The highest BCUT2D eigenvalue weighted by Gasteiger charge is 2.29. The summed E-state index contributed by atoms with van der Waals surface area (Å²) in [5.41, 5.74) is 3.47. The minimum atomic E-state index is -1.02. The van der Waals surface area contributed by atoms with E-state index in [9.17, 15) is 4.79 Å². The second-order valence-corrected chi connectivity index (χ2v) is 8.18. The van der Waals surface area contributed by atoms with Crippen LogP contribution in [0.25, 0.3) is 10.9 Å². The molecule has 1 aliphatic heterocycles. The van der Waals surface area contributed by atoms with Crippen LogP contribution in [0.5, 0.6) is 11.5 Å². The van der Waals surface area contributed by atoms with Crippen LogP contribution in [-0.4, -0.2) is 50.3 Å². The smallest absolute Gasteiger partial charge is 0.405 e. The zero-order valence-corrected chi connectivity index (χ0v) is 18.7. The first-order chi connectivity index (χ1) is 16.4. The van der Waals surface area contributed by atoms with Crippen molar-refractivity contribution >= 4 is 34.3 Å². The Hall–Kier alpha value is -4.47. The Morgan fingerprint density at radius 1 is 1.06 bits per heavy atom. The van der Waals surface area contributed by atoms with Crippen LogP contribution in [0, 0.1) is 13.8 Å². The van der Waals surface area contributed by atoms with Crippen LogP contribution >= 0.6 is 0 Å². The Kier molecular flexibility index (Phi) is 5.54. The van der Waals surface area contributed by atoms with Gasteiger partial charge in [-0.15, -0.1) is 0 Å². The number of benzene rings is 1. The van der Waals surface area contributed by atoms with E-state index in [4.69, 9.17) is 9.84 Å². The Balaban J connectivity index is 1.34. The molecule has 1 amide bonds. The Labute approximate surface area is 195 Å². The lowest BCUT2D eigenvalue weighted by Gasteiger charge is -2.39. The fourth-order valence-electron chi connectivity index (χ4n) is 3.77. The number of carbonyl (C=O) groups is 1. The molecule has 3 aromatic heterocycles. The van der Waals surface area contributed by atoms with E-state index in [0.717, 1.165) is 33.9 Å². The van der Waals surface area contributed by atoms with E-state index in [1.807, 2.05) is 55.1 Å². The minimum Gasteiger partial charge on any atom is -0.465 e. The molecule has 0 bridgehead atoms. The number of amides is 1. The maximum absolute atomic E-state index is 10.8. The van der Waals surface area contributed by atoms with E-state index >= 15 is 0 Å². The summed E-state index contributed by atoms with van der Waals surface area (Å²) in [4.78, 5) is 30.3. The summed E-state index contributed by atoms with van der Waals surface area (Å²) < 4.78 is 5.96. The molecule has 1 aliphatic rings. The van der Waals surface area contributed by atoms with Gasteiger partial charge in [0.15, 0.2) is 0 Å². The van der Waals surface area contributed by atoms with E-state index in [1.54, 1.807) is 12.4 Å². The average Bonchev–Trinajstić information content (AvgIpc) is 2.79. The fourth-order valence-corrected chi connectivity index (χ4v) is 3.77. The van der Waals surface area contributed by atoms with Crippen molar-refractivity contribution in [3.05, 3.63) is 66.4 Å². The molecule has 0 aliphatic carbocycles. The standard InChI is InChI=1S/C24H23N7O3/c1-14-7-16(4-6-21(14)34-18-5-3-15(2)25-9-18)29-23-19-8-22(26-10-20(19)27-13-28-23)31-11-17(12-31)30-24(32)33/h3-10,13,17,30H,11-12H2,1-2H3,(H,32,33)(H,27,28,29). The molecule has 10 nitrogen and oxygen atoms in total. The molecule has 10 heteroatoms. The molecule has 4 aromatic rings. The van der Waals surface area contributed by atoms with Gasteiger partial charge in [-0.3, -0.25) is 4.98 Å². The SMILES string of the molecule is Cc1ccc(Oc2ccc(Nc3ncnc4cnc(N5CC(NC(=O)O)C5)cc34)cc2C)cn1. The summed E-state index contributed by atoms with van der Waals surface area (Å²) in [5.74, 6) is 2.84. The Bertz CT molecular complexity index is 1350. The van der Waals surface area contributed by atoms with Crippen LogP contribution in [0.15, 0.2) is 55.1 Å². The number of hydrogen-bond donors (Lipinski definition) is 3. The molecule has 3 N–H and O–H groups in total. The van der Waals surface area contributed by atoms with E-state index < -0.39 is 6.09 Å². The molecule has 172 valence electrons. The highest BCUT2D eigenvalue weighted by Crippen LogP contribution is 2.31. The molecule has 1 saturated heterocycles. The van der Waals surface area contributed by atoms with Gasteiger partial charge in [0.2, 0.25) is 0 Å². The number of hydrogen-bond acceptors (Lipinski definition) is 8. The predicted molar refractivity (Wildman–Crippen MR) is 128 cm³/mol. The van der Waals surface area contributed by atoms with Crippen LogP contribution in [-0.2, 0) is 0 Å². The predicted octanol–water partition coefficient (Wildman–Crippen LogP) is 4.03. The van der Waals surface area contributed by atoms with Crippen LogP contribution in [0.4, 0.5) is 22.1 Å². The van der Waals surface area contributed by atoms with Crippen LogP contribution in [0.3, 0.4) is 0 Å². The number of pyridine rings is 2. The Morgan fingerprint density at radius 3 is 2.65 bits per heavy atom. The van der Waals surface area contributed by atoms with Crippen LogP contribution in [0.1, 0.15) is 11.3 Å². The number of aryl methyl sites for hydroxylation is 2. The van der Waals surface area contributed by atoms with Gasteiger partial charge in [0.05, 0.1) is 24.0 Å². The van der Waals surface area contributed by atoms with Gasteiger partial charge in [-0.2, -0.15) is 0 Å². The molecular weight excluding hydrogens is 434 g/mol. The third-order valence-corrected chi connectivity index (χ3v) is 5.59. The van der Waals surface area contributed by atoms with Crippen molar-refractivity contribution in [2.45, 2.75) is 19.9 Å². The van der Waals surface area contributed by atoms with Crippen LogP contribution < -0.4 is 20.3 Å². The first kappa shape index (κ1) is 21.4. The summed E-state index contributed by atoms with van der Waals surface area (Å²) in [5, 5.41) is 15.5. The van der Waals surface area contributed by atoms with Crippen molar-refractivity contribution in [1.82, 2.24) is 25.3 Å². The molecule has 1 aromatic carbocycles. The molecule has 1 fully saturated rings. The third kappa shape index (κ3) is 4.51. The second kappa shape index (κ2) is 8.81. The van der Waals surface area contributed by atoms with E-state index in [1.165, 1.54) is 6.33 Å². The first-order valence-corrected chi connectivity index (χ1v) is 10.8. The Morgan fingerprint density at radius 2 is 1.91 bits per heavy atom. The summed E-state index contributed by atoms with van der Waals surface area (Å²) in [6.45, 7) is 5.05. The first-order valence-electron chi connectivity index (χ1n) is 10.8. The van der Waals surface area contributed by atoms with E-state index in [2.05, 4.69) is 30.6 Å². The van der Waals surface area contributed by atoms with Crippen molar-refractivity contribution in [3.63, 3.8) is 0 Å². The van der Waals surface area contributed by atoms with Gasteiger partial charge in [-0.25, -0.2) is 19.7 Å². The van der Waals surface area contributed by atoms with E-state index in [-0.39, 0.29) is 6.04 Å². The molecular formula is C24H23N7O3. The van der Waals surface area contributed by atoms with Gasteiger partial charge in [0.1, 0.15) is 29.5 Å². The van der Waals surface area contributed by atoms with Crippen LogP contribution in [0.2, 0.25) is 0 Å².